The molecule has 2 heterocycles. The van der Waals surface area contributed by atoms with Crippen LogP contribution in [0.3, 0.4) is 0 Å². The van der Waals surface area contributed by atoms with Crippen molar-refractivity contribution in [2.75, 3.05) is 29.1 Å². The molecule has 12 nitrogen and oxygen atoms in total. The van der Waals surface area contributed by atoms with Crippen molar-refractivity contribution in [2.24, 2.45) is 5.92 Å². The lowest BCUT2D eigenvalue weighted by atomic mass is 10.1. The number of nitro benzene ring substituents is 1. The van der Waals surface area contributed by atoms with Gasteiger partial charge in [0.15, 0.2) is 5.69 Å². The van der Waals surface area contributed by atoms with E-state index in [1.165, 1.54) is 13.1 Å². The number of nitrogens with one attached hydrogen (secondary N) is 1. The maximum absolute atomic E-state index is 13.7. The van der Waals surface area contributed by atoms with E-state index in [1.807, 2.05) is 0 Å². The third-order valence-electron chi connectivity index (χ3n) is 5.98. The molecule has 4 rings (SSSR count). The lowest BCUT2D eigenvalue weighted by Crippen LogP contribution is -2.42. The summed E-state index contributed by atoms with van der Waals surface area (Å²) in [4.78, 5) is 65.3. The number of benzene rings is 2. The van der Waals surface area contributed by atoms with Gasteiger partial charge in [0, 0.05) is 26.1 Å². The maximum atomic E-state index is 13.7. The van der Waals surface area contributed by atoms with Gasteiger partial charge >= 0.3 is 11.4 Å². The third kappa shape index (κ3) is 4.45. The quantitative estimate of drug-likeness (QED) is 0.383. The number of anilines is 3. The molecule has 3 aromatic rings. The number of nitrogens with zero attached hydrogens (tertiary/aromatic N) is 4. The first-order valence-corrected chi connectivity index (χ1v) is 10.8. The van der Waals surface area contributed by atoms with Gasteiger partial charge in [0.1, 0.15) is 5.82 Å². The highest BCUT2D eigenvalue weighted by molar-refractivity contribution is 6.05. The van der Waals surface area contributed by atoms with E-state index in [2.05, 4.69) is 4.98 Å². The summed E-state index contributed by atoms with van der Waals surface area (Å²) in [6, 6.07) is 11.9. The molecule has 0 aliphatic carbocycles. The molecule has 2 aromatic carbocycles. The van der Waals surface area contributed by atoms with Crippen LogP contribution in [0.15, 0.2) is 58.1 Å². The first-order valence-electron chi connectivity index (χ1n) is 10.8. The Morgan fingerprint density at radius 3 is 2.58 bits per heavy atom. The Morgan fingerprint density at radius 1 is 1.22 bits per heavy atom. The highest BCUT2D eigenvalue weighted by atomic mass is 19.1. The summed E-state index contributed by atoms with van der Waals surface area (Å²) >= 11 is 0. The van der Waals surface area contributed by atoms with Gasteiger partial charge in [-0.15, -0.1) is 0 Å². The molecule has 1 unspecified atom stereocenters. The molecule has 0 saturated carbocycles. The number of nitro groups is 1. The minimum Gasteiger partial charge on any atom is -0.383 e. The number of nitrogens with two attached hydrogens (primary N) is 1. The van der Waals surface area contributed by atoms with E-state index in [0.717, 1.165) is 32.1 Å². The second-order valence-electron chi connectivity index (χ2n) is 8.26. The molecule has 1 aromatic heterocycles. The smallest absolute Gasteiger partial charge is 0.330 e. The van der Waals surface area contributed by atoms with Crippen LogP contribution in [0.5, 0.6) is 0 Å². The highest BCUT2D eigenvalue weighted by Gasteiger charge is 2.38. The topological polar surface area (TPSA) is 165 Å². The molecule has 186 valence electrons. The average Bonchev–Trinajstić information content (AvgIpc) is 3.23. The number of halogens is 1. The molecule has 13 heteroatoms. The van der Waals surface area contributed by atoms with Crippen LogP contribution in [0.1, 0.15) is 12.0 Å². The van der Waals surface area contributed by atoms with E-state index < -0.39 is 45.4 Å². The largest absolute Gasteiger partial charge is 0.383 e. The van der Waals surface area contributed by atoms with Crippen LogP contribution < -0.4 is 26.8 Å². The summed E-state index contributed by atoms with van der Waals surface area (Å²) in [5, 5.41) is 11.1. The molecule has 0 radical (unpaired) electrons. The zero-order valence-corrected chi connectivity index (χ0v) is 19.0. The van der Waals surface area contributed by atoms with E-state index in [9.17, 15) is 33.7 Å². The molecule has 1 fully saturated rings. The molecule has 2 amide bonds. The number of hydrogen-bond donors (Lipinski definition) is 2. The summed E-state index contributed by atoms with van der Waals surface area (Å²) in [6.45, 7) is -0.0946. The van der Waals surface area contributed by atoms with Crippen LogP contribution in [-0.4, -0.2) is 39.9 Å². The molecular weight excluding hydrogens is 475 g/mol. The van der Waals surface area contributed by atoms with Gasteiger partial charge in [-0.25, -0.2) is 4.79 Å². The number of carbonyl (C=O) groups is 2. The van der Waals surface area contributed by atoms with Gasteiger partial charge < -0.3 is 15.5 Å². The predicted molar refractivity (Wildman–Crippen MR) is 128 cm³/mol. The number of hydrogen-bond acceptors (Lipinski definition) is 7. The fraction of sp³-hybridized carbons (Fsp3) is 0.217. The van der Waals surface area contributed by atoms with Crippen LogP contribution >= 0.6 is 0 Å². The predicted octanol–water partition coefficient (Wildman–Crippen LogP) is 1.23. The van der Waals surface area contributed by atoms with Crippen molar-refractivity contribution in [1.82, 2.24) is 9.55 Å². The fourth-order valence-corrected chi connectivity index (χ4v) is 4.14. The summed E-state index contributed by atoms with van der Waals surface area (Å²) in [7, 11) is 1.30. The zero-order valence-electron chi connectivity index (χ0n) is 19.0. The van der Waals surface area contributed by atoms with E-state index in [1.54, 1.807) is 30.3 Å². The van der Waals surface area contributed by atoms with Crippen molar-refractivity contribution >= 4 is 34.7 Å². The van der Waals surface area contributed by atoms with Crippen molar-refractivity contribution in [1.29, 1.82) is 0 Å². The van der Waals surface area contributed by atoms with E-state index in [-0.39, 0.29) is 36.7 Å². The Bertz CT molecular complexity index is 1480. The normalized spacial score (nSPS) is 15.2. The number of aromatic nitrogens is 2. The van der Waals surface area contributed by atoms with Gasteiger partial charge in [-0.2, -0.15) is 4.39 Å². The molecule has 0 spiro atoms. The molecule has 36 heavy (non-hydrogen) atoms. The molecule has 1 aliphatic heterocycles. The summed E-state index contributed by atoms with van der Waals surface area (Å²) in [5.74, 6) is -3.31. The Labute approximate surface area is 202 Å². The summed E-state index contributed by atoms with van der Waals surface area (Å²) in [6.07, 6.45) is -0.240. The number of H-pyrrole nitrogens is 1. The number of rotatable bonds is 6. The minimum atomic E-state index is -1.05. The van der Waals surface area contributed by atoms with Crippen molar-refractivity contribution in [3.63, 3.8) is 0 Å². The lowest BCUT2D eigenvalue weighted by molar-refractivity contribution is -0.387. The number of aromatic amines is 1. The fourth-order valence-electron chi connectivity index (χ4n) is 4.14. The van der Waals surface area contributed by atoms with E-state index in [0.29, 0.717) is 0 Å². The Balaban J connectivity index is 1.61. The Kier molecular flexibility index (Phi) is 6.38. The van der Waals surface area contributed by atoms with Crippen LogP contribution in [0, 0.1) is 21.8 Å². The van der Waals surface area contributed by atoms with Gasteiger partial charge in [-0.3, -0.25) is 34.0 Å². The van der Waals surface area contributed by atoms with Crippen LogP contribution in [0.2, 0.25) is 0 Å². The SMILES string of the molecule is CN(C(=O)C1CC(=O)N(c2ccc(F)c([N+](=O)[O-])c2)C1)c1c(N)n(Cc2ccccc2)c(=O)[nH]c1=O. The van der Waals surface area contributed by atoms with Crippen molar-refractivity contribution in [3.05, 3.63) is 90.9 Å². The lowest BCUT2D eigenvalue weighted by Gasteiger charge is -2.23. The monoisotopic (exact) mass is 496 g/mol. The highest BCUT2D eigenvalue weighted by Crippen LogP contribution is 2.31. The van der Waals surface area contributed by atoms with Crippen LogP contribution in [-0.2, 0) is 16.1 Å². The molecular formula is C23H21FN6O6. The maximum Gasteiger partial charge on any atom is 0.330 e. The number of amides is 2. The van der Waals surface area contributed by atoms with Gasteiger partial charge in [0.2, 0.25) is 17.6 Å². The van der Waals surface area contributed by atoms with Crippen molar-refractivity contribution in [2.45, 2.75) is 13.0 Å². The zero-order chi connectivity index (χ0) is 26.1. The molecule has 3 N–H and O–H groups in total. The summed E-state index contributed by atoms with van der Waals surface area (Å²) < 4.78 is 14.8. The van der Waals surface area contributed by atoms with E-state index in [4.69, 9.17) is 5.73 Å². The van der Waals surface area contributed by atoms with Crippen LogP contribution in [0.4, 0.5) is 27.3 Å². The van der Waals surface area contributed by atoms with Gasteiger partial charge in [0.05, 0.1) is 23.1 Å². The first-order chi connectivity index (χ1) is 17.1. The van der Waals surface area contributed by atoms with Gasteiger partial charge in [-0.1, -0.05) is 30.3 Å². The van der Waals surface area contributed by atoms with Crippen LogP contribution in [0.25, 0.3) is 0 Å². The van der Waals surface area contributed by atoms with Gasteiger partial charge in [0.25, 0.3) is 5.56 Å². The second kappa shape index (κ2) is 9.44. The minimum absolute atomic E-state index is 0.0519. The second-order valence-corrected chi connectivity index (χ2v) is 8.26. The molecule has 1 saturated heterocycles. The van der Waals surface area contributed by atoms with Gasteiger partial charge in [-0.05, 0) is 17.7 Å². The Hall–Kier alpha value is -4.81. The van der Waals surface area contributed by atoms with Crippen molar-refractivity contribution < 1.29 is 18.9 Å². The molecule has 1 atom stereocenters. The third-order valence-corrected chi connectivity index (χ3v) is 5.98. The average molecular weight is 496 g/mol. The molecule has 0 bridgehead atoms. The first kappa shape index (κ1) is 24.3. The molecule has 1 aliphatic rings. The number of nitrogen functional groups attached to an aromatic ring is 1. The Morgan fingerprint density at radius 2 is 1.92 bits per heavy atom. The standard InChI is InChI=1S/C23H21FN6O6/c1-27(19-20(25)29(23(34)26-21(19)32)11-13-5-3-2-4-6-13)22(33)14-9-18(31)28(12-14)15-7-8-16(24)17(10-15)30(35)36/h2-8,10,14H,9,11-12,25H2,1H3,(H,26,32,34). The summed E-state index contributed by atoms with van der Waals surface area (Å²) in [5.41, 5.74) is 4.29. The van der Waals surface area contributed by atoms with Crippen molar-refractivity contribution in [3.8, 4) is 0 Å². The van der Waals surface area contributed by atoms with E-state index >= 15 is 0 Å². The number of carbonyl (C=O) groups excluding carboxylic acids is 2.